The number of imidazole rings is 2. The molecule has 212 valence electrons. The van der Waals surface area contributed by atoms with Gasteiger partial charge in [-0.2, -0.15) is 0 Å². The van der Waals surface area contributed by atoms with Crippen molar-refractivity contribution in [2.75, 3.05) is 26.4 Å². The first-order valence-electron chi connectivity index (χ1n) is 11.9. The molecule has 4 aromatic rings. The molecule has 0 spiro atoms. The smallest absolute Gasteiger partial charge is 0.332 e. The van der Waals surface area contributed by atoms with Gasteiger partial charge in [0.1, 0.15) is 0 Å². The Morgan fingerprint density at radius 1 is 0.641 bits per heavy atom. The molecule has 0 aliphatic carbocycles. The highest BCUT2D eigenvalue weighted by Crippen LogP contribution is 2.12. The van der Waals surface area contributed by atoms with Gasteiger partial charge >= 0.3 is 11.4 Å². The number of rotatable bonds is 4. The van der Waals surface area contributed by atoms with E-state index in [2.05, 4.69) is 9.97 Å². The third kappa shape index (κ3) is 4.97. The maximum Gasteiger partial charge on any atom is 0.332 e. The predicted octanol–water partition coefficient (Wildman–Crippen LogP) is -3.21. The van der Waals surface area contributed by atoms with E-state index < -0.39 is 11.4 Å². The first-order chi connectivity index (χ1) is 18.2. The normalized spacial score (nSPS) is 16.1. The summed E-state index contributed by atoms with van der Waals surface area (Å²) in [6, 6.07) is 0. The Labute approximate surface area is 219 Å². The van der Waals surface area contributed by atoms with Crippen molar-refractivity contribution in [3.63, 3.8) is 0 Å². The molecule has 2 aliphatic heterocycles. The molecule has 2 fully saturated rings. The van der Waals surface area contributed by atoms with Crippen LogP contribution < -0.4 is 22.5 Å². The quantitative estimate of drug-likeness (QED) is 0.250. The van der Waals surface area contributed by atoms with E-state index in [4.69, 9.17) is 18.9 Å². The molecule has 2 saturated heterocycles. The van der Waals surface area contributed by atoms with Crippen molar-refractivity contribution < 1.29 is 24.4 Å². The fraction of sp³-hybridized carbons (Fsp3) is 0.545. The SMILES string of the molecule is Cn1c(=O)c2c(ncn2CC2OCCO2)n(C)c1=O.Cn1c(=O)c2c(ncn2CC2OCCO2)n(C)c1=O.O. The van der Waals surface area contributed by atoms with E-state index >= 15 is 0 Å². The molecule has 17 nitrogen and oxygen atoms in total. The molecular weight excluding hydrogens is 520 g/mol. The molecule has 0 aromatic carbocycles. The van der Waals surface area contributed by atoms with E-state index in [0.717, 1.165) is 9.13 Å². The Morgan fingerprint density at radius 2 is 0.974 bits per heavy atom. The van der Waals surface area contributed by atoms with Crippen LogP contribution in [0.2, 0.25) is 0 Å². The molecule has 2 N–H and O–H groups in total. The highest BCUT2D eigenvalue weighted by atomic mass is 16.7. The van der Waals surface area contributed by atoms with Crippen LogP contribution in [0.25, 0.3) is 22.3 Å². The summed E-state index contributed by atoms with van der Waals surface area (Å²) in [5, 5.41) is 0. The maximum absolute atomic E-state index is 12.2. The van der Waals surface area contributed by atoms with E-state index in [1.165, 1.54) is 35.9 Å². The van der Waals surface area contributed by atoms with Crippen LogP contribution in [0.15, 0.2) is 31.8 Å². The summed E-state index contributed by atoms with van der Waals surface area (Å²) in [5.41, 5.74) is -0.0287. The Kier molecular flexibility index (Phi) is 7.98. The van der Waals surface area contributed by atoms with Gasteiger partial charge in [0.15, 0.2) is 34.9 Å². The lowest BCUT2D eigenvalue weighted by Crippen LogP contribution is -2.37. The number of ether oxygens (including phenoxy) is 4. The first kappa shape index (κ1) is 28.1. The lowest BCUT2D eigenvalue weighted by Gasteiger charge is -2.10. The Bertz CT molecular complexity index is 1600. The summed E-state index contributed by atoms with van der Waals surface area (Å²) in [5.74, 6) is 0. The van der Waals surface area contributed by atoms with Crippen LogP contribution in [-0.2, 0) is 60.2 Å². The summed E-state index contributed by atoms with van der Waals surface area (Å²) < 4.78 is 29.6. The number of hydrogen-bond acceptors (Lipinski definition) is 10. The second kappa shape index (κ2) is 11.1. The Morgan fingerprint density at radius 3 is 1.31 bits per heavy atom. The van der Waals surface area contributed by atoms with Gasteiger partial charge in [0.2, 0.25) is 0 Å². The van der Waals surface area contributed by atoms with Gasteiger partial charge < -0.3 is 33.6 Å². The topological polar surface area (TPSA) is 192 Å². The van der Waals surface area contributed by atoms with Gasteiger partial charge in [-0.3, -0.25) is 27.9 Å². The van der Waals surface area contributed by atoms with Crippen LogP contribution in [0.4, 0.5) is 0 Å². The molecule has 0 amide bonds. The van der Waals surface area contributed by atoms with Crippen molar-refractivity contribution in [2.24, 2.45) is 28.2 Å². The lowest BCUT2D eigenvalue weighted by atomic mass is 10.5. The molecule has 6 heterocycles. The molecule has 6 rings (SSSR count). The van der Waals surface area contributed by atoms with E-state index in [-0.39, 0.29) is 29.2 Å². The second-order valence-electron chi connectivity index (χ2n) is 8.89. The number of hydrogen-bond donors (Lipinski definition) is 0. The summed E-state index contributed by atoms with van der Waals surface area (Å²) in [4.78, 5) is 56.1. The molecule has 39 heavy (non-hydrogen) atoms. The third-order valence-corrected chi connectivity index (χ3v) is 6.51. The number of fused-ring (bicyclic) bond motifs is 2. The van der Waals surface area contributed by atoms with Crippen LogP contribution in [0.5, 0.6) is 0 Å². The van der Waals surface area contributed by atoms with Gasteiger partial charge in [0.05, 0.1) is 52.2 Å². The molecular formula is C22H30N8O9. The Balaban J connectivity index is 0.000000176. The molecule has 2 aliphatic rings. The van der Waals surface area contributed by atoms with Gasteiger partial charge in [-0.15, -0.1) is 0 Å². The highest BCUT2D eigenvalue weighted by Gasteiger charge is 2.22. The average Bonchev–Trinajstić information content (AvgIpc) is 3.72. The maximum atomic E-state index is 12.2. The van der Waals surface area contributed by atoms with Gasteiger partial charge in [-0.05, 0) is 0 Å². The minimum atomic E-state index is -0.392. The zero-order chi connectivity index (χ0) is 27.1. The molecule has 4 aromatic heterocycles. The summed E-state index contributed by atoms with van der Waals surface area (Å²) in [6.07, 6.45) is 2.30. The second-order valence-corrected chi connectivity index (χ2v) is 8.89. The van der Waals surface area contributed by atoms with Gasteiger partial charge in [0, 0.05) is 28.2 Å². The molecule has 17 heteroatoms. The summed E-state index contributed by atoms with van der Waals surface area (Å²) >= 11 is 0. The fourth-order valence-corrected chi connectivity index (χ4v) is 4.42. The number of aromatic nitrogens is 8. The van der Waals surface area contributed by atoms with Crippen molar-refractivity contribution in [3.05, 3.63) is 54.3 Å². The van der Waals surface area contributed by atoms with E-state index in [0.29, 0.717) is 61.8 Å². The van der Waals surface area contributed by atoms with Crippen LogP contribution in [0, 0.1) is 0 Å². The zero-order valence-corrected chi connectivity index (χ0v) is 21.9. The number of aryl methyl sites for hydroxylation is 2. The van der Waals surface area contributed by atoms with Crippen molar-refractivity contribution in [1.82, 2.24) is 37.4 Å². The van der Waals surface area contributed by atoms with Gasteiger partial charge in [0.25, 0.3) is 11.1 Å². The van der Waals surface area contributed by atoms with E-state index in [1.807, 2.05) is 0 Å². The van der Waals surface area contributed by atoms with Crippen molar-refractivity contribution in [2.45, 2.75) is 25.7 Å². The third-order valence-electron chi connectivity index (χ3n) is 6.51. The fourth-order valence-electron chi connectivity index (χ4n) is 4.42. The molecule has 0 atom stereocenters. The number of nitrogens with zero attached hydrogens (tertiary/aromatic N) is 8. The van der Waals surface area contributed by atoms with Crippen molar-refractivity contribution >= 4 is 22.3 Å². The monoisotopic (exact) mass is 550 g/mol. The van der Waals surface area contributed by atoms with Crippen LogP contribution in [0.1, 0.15) is 0 Å². The minimum Gasteiger partial charge on any atom is -0.412 e. The van der Waals surface area contributed by atoms with Crippen LogP contribution >= 0.6 is 0 Å². The predicted molar refractivity (Wildman–Crippen MR) is 135 cm³/mol. The summed E-state index contributed by atoms with van der Waals surface area (Å²) in [6.45, 7) is 2.96. The highest BCUT2D eigenvalue weighted by molar-refractivity contribution is 5.70. The average molecular weight is 551 g/mol. The first-order valence-corrected chi connectivity index (χ1v) is 11.9. The van der Waals surface area contributed by atoms with E-state index in [9.17, 15) is 19.2 Å². The van der Waals surface area contributed by atoms with Crippen molar-refractivity contribution in [1.29, 1.82) is 0 Å². The molecule has 0 saturated carbocycles. The van der Waals surface area contributed by atoms with Gasteiger partial charge in [-0.25, -0.2) is 19.6 Å². The van der Waals surface area contributed by atoms with Crippen molar-refractivity contribution in [3.8, 4) is 0 Å². The molecule has 0 radical (unpaired) electrons. The van der Waals surface area contributed by atoms with Crippen LogP contribution in [-0.4, -0.2) is 81.9 Å². The minimum absolute atomic E-state index is 0. The molecule has 0 bridgehead atoms. The van der Waals surface area contributed by atoms with Crippen LogP contribution in [0.3, 0.4) is 0 Å². The Hall–Kier alpha value is -3.90. The summed E-state index contributed by atoms with van der Waals surface area (Å²) in [7, 11) is 6.07. The standard InChI is InChI=1S/2C11H14N4O4.H2O/c2*1-13-9-8(10(16)14(2)11(13)17)15(6-12-9)5-7-18-3-4-19-7;/h2*6-7H,3-5H2,1-2H3;1H2. The van der Waals surface area contributed by atoms with E-state index in [1.54, 1.807) is 23.2 Å². The lowest BCUT2D eigenvalue weighted by molar-refractivity contribution is -0.0520. The zero-order valence-electron chi connectivity index (χ0n) is 21.9. The largest absolute Gasteiger partial charge is 0.412 e. The molecule has 0 unspecified atom stereocenters. The van der Waals surface area contributed by atoms with Gasteiger partial charge in [-0.1, -0.05) is 0 Å².